The van der Waals surface area contributed by atoms with Crippen molar-refractivity contribution in [1.29, 1.82) is 0 Å². The molecule has 1 fully saturated rings. The fourth-order valence-electron chi connectivity index (χ4n) is 8.55. The van der Waals surface area contributed by atoms with Gasteiger partial charge in [-0.3, -0.25) is 13.8 Å². The molecule has 1 rings (SSSR count). The van der Waals surface area contributed by atoms with E-state index in [0.717, 1.165) is 38.5 Å². The molecule has 0 bridgehead atoms. The number of esters is 2. The topological polar surface area (TPSA) is 210 Å². The first kappa shape index (κ1) is 63.3. The summed E-state index contributed by atoms with van der Waals surface area (Å²) in [6, 6.07) is 0. The van der Waals surface area contributed by atoms with Gasteiger partial charge in [0.05, 0.1) is 6.61 Å². The molecule has 1 aliphatic carbocycles. The number of hydrogen-bond acceptors (Lipinski definition) is 12. The minimum absolute atomic E-state index is 0.153. The molecule has 0 aliphatic heterocycles. The Labute approximate surface area is 406 Å². The minimum atomic E-state index is -5.14. The van der Waals surface area contributed by atoms with Crippen LogP contribution in [0.1, 0.15) is 245 Å². The summed E-state index contributed by atoms with van der Waals surface area (Å²) < 4.78 is 33.5. The van der Waals surface area contributed by atoms with Crippen LogP contribution < -0.4 is 0 Å². The molecule has 13 nitrogen and oxygen atoms in total. The molecule has 6 unspecified atom stereocenters. The lowest BCUT2D eigenvalue weighted by atomic mass is 9.85. The number of phosphoric ester groups is 1. The highest BCUT2D eigenvalue weighted by Gasteiger charge is 2.51. The van der Waals surface area contributed by atoms with Crippen LogP contribution in [-0.2, 0) is 32.7 Å². The number of rotatable bonds is 46. The maximum Gasteiger partial charge on any atom is 0.472 e. The van der Waals surface area contributed by atoms with Gasteiger partial charge in [-0.25, -0.2) is 9.36 Å². The molecular formula is C53H99O13P. The van der Waals surface area contributed by atoms with Crippen LogP contribution in [0.15, 0.2) is 24.3 Å². The van der Waals surface area contributed by atoms with Crippen molar-refractivity contribution in [2.24, 2.45) is 0 Å². The molecular weight excluding hydrogens is 876 g/mol. The van der Waals surface area contributed by atoms with Gasteiger partial charge in [-0.05, 0) is 19.3 Å². The smallest absolute Gasteiger partial charge is 0.462 e. The van der Waals surface area contributed by atoms with Crippen LogP contribution in [0, 0.1) is 0 Å². The summed E-state index contributed by atoms with van der Waals surface area (Å²) in [6.45, 7) is 3.25. The Morgan fingerprint density at radius 3 is 1.25 bits per heavy atom. The fourth-order valence-corrected chi connectivity index (χ4v) is 9.52. The van der Waals surface area contributed by atoms with Gasteiger partial charge >= 0.3 is 19.8 Å². The lowest BCUT2D eigenvalue weighted by Crippen LogP contribution is -2.64. The van der Waals surface area contributed by atoms with Crippen LogP contribution in [-0.4, -0.2) is 98.3 Å². The van der Waals surface area contributed by atoms with Crippen molar-refractivity contribution in [2.75, 3.05) is 13.2 Å². The molecule has 0 heterocycles. The summed E-state index contributed by atoms with van der Waals surface area (Å²) >= 11 is 0. The van der Waals surface area contributed by atoms with Crippen LogP contribution in [0.5, 0.6) is 0 Å². The van der Waals surface area contributed by atoms with Gasteiger partial charge in [0.15, 0.2) is 6.10 Å². The third kappa shape index (κ3) is 35.1. The van der Waals surface area contributed by atoms with Gasteiger partial charge in [-0.15, -0.1) is 0 Å². The lowest BCUT2D eigenvalue weighted by Gasteiger charge is -2.41. The largest absolute Gasteiger partial charge is 0.472 e. The SMILES string of the molecule is CCCCCCCCCCCCC/C=C/C=C/C(=O)O[C@@H](COC(=O)CCCCCCCCCCCCCCCCCCCCCCCCC)COP(=O)(O)OC1C(O)C(O)C(O)[C@H](O)C1O. The second-order valence-corrected chi connectivity index (χ2v) is 20.6. The van der Waals surface area contributed by atoms with E-state index in [-0.39, 0.29) is 6.42 Å². The zero-order valence-electron chi connectivity index (χ0n) is 42.2. The molecule has 0 spiro atoms. The summed E-state index contributed by atoms with van der Waals surface area (Å²) in [7, 11) is -5.14. The van der Waals surface area contributed by atoms with Crippen LogP contribution in [0.3, 0.4) is 0 Å². The van der Waals surface area contributed by atoms with E-state index in [2.05, 4.69) is 13.8 Å². The highest BCUT2D eigenvalue weighted by molar-refractivity contribution is 7.47. The van der Waals surface area contributed by atoms with Gasteiger partial charge < -0.3 is 39.9 Å². The van der Waals surface area contributed by atoms with Crippen LogP contribution >= 0.6 is 7.82 Å². The van der Waals surface area contributed by atoms with Gasteiger partial charge in [0.2, 0.25) is 0 Å². The van der Waals surface area contributed by atoms with E-state index in [1.165, 1.54) is 192 Å². The van der Waals surface area contributed by atoms with E-state index in [9.17, 15) is 44.6 Å². The first-order valence-electron chi connectivity index (χ1n) is 27.2. The Morgan fingerprint density at radius 2 is 0.851 bits per heavy atom. The van der Waals surface area contributed by atoms with Crippen molar-refractivity contribution in [3.05, 3.63) is 24.3 Å². The summed E-state index contributed by atoms with van der Waals surface area (Å²) in [5.41, 5.74) is 0. The van der Waals surface area contributed by atoms with E-state index >= 15 is 0 Å². The van der Waals surface area contributed by atoms with Crippen molar-refractivity contribution < 1.29 is 63.1 Å². The molecule has 67 heavy (non-hydrogen) atoms. The van der Waals surface area contributed by atoms with Crippen LogP contribution in [0.2, 0.25) is 0 Å². The molecule has 0 radical (unpaired) electrons. The first-order valence-corrected chi connectivity index (χ1v) is 28.7. The number of unbranched alkanes of at least 4 members (excludes halogenated alkanes) is 33. The molecule has 0 aromatic heterocycles. The molecule has 0 amide bonds. The number of aliphatic hydroxyl groups excluding tert-OH is 5. The van der Waals surface area contributed by atoms with E-state index in [1.807, 2.05) is 6.08 Å². The van der Waals surface area contributed by atoms with Gasteiger partial charge in [0.25, 0.3) is 0 Å². The first-order chi connectivity index (χ1) is 32.4. The molecule has 8 atom stereocenters. The third-order valence-corrected chi connectivity index (χ3v) is 13.9. The van der Waals surface area contributed by atoms with E-state index < -0.39 is 75.7 Å². The molecule has 1 saturated carbocycles. The Kier molecular flexibility index (Phi) is 40.8. The number of phosphoric acid groups is 1. The summed E-state index contributed by atoms with van der Waals surface area (Å²) in [5.74, 6) is -1.34. The Hall–Kier alpha value is -1.67. The van der Waals surface area contributed by atoms with Crippen molar-refractivity contribution in [2.45, 2.75) is 288 Å². The van der Waals surface area contributed by atoms with Gasteiger partial charge in [0.1, 0.15) is 43.2 Å². The quantitative estimate of drug-likeness (QED) is 0.0110. The average molecular weight is 975 g/mol. The Morgan fingerprint density at radius 1 is 0.493 bits per heavy atom. The van der Waals surface area contributed by atoms with Gasteiger partial charge in [-0.1, -0.05) is 238 Å². The van der Waals surface area contributed by atoms with E-state index in [4.69, 9.17) is 18.5 Å². The molecule has 0 aromatic rings. The predicted octanol–water partition coefficient (Wildman–Crippen LogP) is 12.0. The highest BCUT2D eigenvalue weighted by atomic mass is 31.2. The normalized spacial score (nSPS) is 21.3. The fraction of sp³-hybridized carbons (Fsp3) is 0.887. The van der Waals surface area contributed by atoms with Crippen LogP contribution in [0.25, 0.3) is 0 Å². The zero-order valence-corrected chi connectivity index (χ0v) is 43.1. The summed E-state index contributed by atoms with van der Waals surface area (Å²) in [5, 5.41) is 50.2. The summed E-state index contributed by atoms with van der Waals surface area (Å²) in [4.78, 5) is 35.7. The molecule has 1 aliphatic rings. The van der Waals surface area contributed by atoms with Crippen LogP contribution in [0.4, 0.5) is 0 Å². The van der Waals surface area contributed by atoms with Gasteiger partial charge in [0, 0.05) is 12.5 Å². The van der Waals surface area contributed by atoms with Crippen molar-refractivity contribution >= 4 is 19.8 Å². The van der Waals surface area contributed by atoms with Crippen molar-refractivity contribution in [3.8, 4) is 0 Å². The number of aliphatic hydroxyl groups is 5. The highest BCUT2D eigenvalue weighted by Crippen LogP contribution is 2.47. The average Bonchev–Trinajstić information content (AvgIpc) is 3.31. The molecule has 0 saturated heterocycles. The van der Waals surface area contributed by atoms with E-state index in [1.54, 1.807) is 6.08 Å². The Bertz CT molecular complexity index is 1270. The molecule has 6 N–H and O–H groups in total. The number of hydrogen-bond donors (Lipinski definition) is 6. The molecule has 394 valence electrons. The molecule has 0 aromatic carbocycles. The number of carbonyl (C=O) groups is 2. The second-order valence-electron chi connectivity index (χ2n) is 19.2. The number of carbonyl (C=O) groups excluding carboxylic acids is 2. The van der Waals surface area contributed by atoms with Crippen molar-refractivity contribution in [3.63, 3.8) is 0 Å². The third-order valence-electron chi connectivity index (χ3n) is 12.9. The maximum absolute atomic E-state index is 12.8. The number of allylic oxidation sites excluding steroid dienone is 3. The maximum atomic E-state index is 12.8. The van der Waals surface area contributed by atoms with E-state index in [0.29, 0.717) is 6.42 Å². The summed E-state index contributed by atoms with van der Waals surface area (Å²) in [6.07, 6.45) is 37.3. The second kappa shape index (κ2) is 43.1. The van der Waals surface area contributed by atoms with Crippen molar-refractivity contribution in [1.82, 2.24) is 0 Å². The lowest BCUT2D eigenvalue weighted by molar-refractivity contribution is -0.220. The minimum Gasteiger partial charge on any atom is -0.462 e. The standard InChI is InChI=1S/C53H99O13P/c1-3-5-7-9-11-13-15-17-19-20-21-22-23-24-25-26-28-29-31-33-35-37-39-41-46(54)63-43-45(44-64-67(61,62)66-53-51(59)49(57)48(56)50(58)52(53)60)65-47(55)42-40-38-36-34-32-30-27-18-16-14-12-10-8-6-4-2/h36,38,40,42,45,48-53,56-60H,3-35,37,39,41,43-44H2,1-2H3,(H,61,62)/b38-36+,42-40+/t45-,48?,49-,50?,51?,52?,53?/m0/s1. The zero-order chi connectivity index (χ0) is 49.2. The van der Waals surface area contributed by atoms with Gasteiger partial charge in [-0.2, -0.15) is 0 Å². The number of ether oxygens (including phenoxy) is 2. The predicted molar refractivity (Wildman–Crippen MR) is 267 cm³/mol. The monoisotopic (exact) mass is 975 g/mol. The Balaban J connectivity index is 2.36. The molecule has 14 heteroatoms.